The Hall–Kier alpha value is -1.56. The highest BCUT2D eigenvalue weighted by atomic mass is 16.5. The number of carbonyl (C=O) groups excluding carboxylic acids is 1. The van der Waals surface area contributed by atoms with E-state index in [-0.39, 0.29) is 6.03 Å². The smallest absolute Gasteiger partial charge is 0.315 e. The van der Waals surface area contributed by atoms with Gasteiger partial charge in [-0.15, -0.1) is 0 Å². The number of carbonyl (C=O) groups is 1. The van der Waals surface area contributed by atoms with Gasteiger partial charge >= 0.3 is 6.03 Å². The summed E-state index contributed by atoms with van der Waals surface area (Å²) in [5, 5.41) is 9.61. The monoisotopic (exact) mass is 280 g/mol. The minimum absolute atomic E-state index is 0.151. The molecule has 0 saturated carbocycles. The summed E-state index contributed by atoms with van der Waals surface area (Å²) in [5.41, 5.74) is 0.909. The highest BCUT2D eigenvalue weighted by Crippen LogP contribution is 2.15. The van der Waals surface area contributed by atoms with Crippen molar-refractivity contribution < 1.29 is 9.32 Å². The molecule has 2 rings (SSSR count). The Morgan fingerprint density at radius 2 is 2.35 bits per heavy atom. The van der Waals surface area contributed by atoms with Crippen LogP contribution in [0, 0.1) is 0 Å². The molecule has 0 radical (unpaired) electrons. The Morgan fingerprint density at radius 1 is 1.50 bits per heavy atom. The lowest BCUT2D eigenvalue weighted by molar-refractivity contribution is 0.227. The van der Waals surface area contributed by atoms with Gasteiger partial charge in [0.1, 0.15) is 0 Å². The zero-order chi connectivity index (χ0) is 14.4. The van der Waals surface area contributed by atoms with Crippen molar-refractivity contribution in [1.82, 2.24) is 20.7 Å². The van der Waals surface area contributed by atoms with Crippen molar-refractivity contribution in [1.29, 1.82) is 0 Å². The van der Waals surface area contributed by atoms with Crippen LogP contribution in [-0.2, 0) is 13.0 Å². The first-order chi connectivity index (χ1) is 9.72. The van der Waals surface area contributed by atoms with Crippen molar-refractivity contribution in [3.05, 3.63) is 17.5 Å². The number of hydrogen-bond acceptors (Lipinski definition) is 4. The van der Waals surface area contributed by atoms with Gasteiger partial charge in [0.2, 0.25) is 0 Å². The SMILES string of the molecule is CCc1cc(CNC(=O)NCC2CCCN2CC)on1. The average Bonchev–Trinajstić information content (AvgIpc) is 3.11. The molecule has 6 nitrogen and oxygen atoms in total. The number of nitrogens with zero attached hydrogens (tertiary/aromatic N) is 2. The van der Waals surface area contributed by atoms with Gasteiger partial charge in [-0.05, 0) is 32.4 Å². The molecule has 2 heterocycles. The fraction of sp³-hybridized carbons (Fsp3) is 0.714. The number of aromatic nitrogens is 1. The first-order valence-electron chi connectivity index (χ1n) is 7.43. The second-order valence-corrected chi connectivity index (χ2v) is 5.13. The summed E-state index contributed by atoms with van der Waals surface area (Å²) in [6.45, 7) is 7.45. The van der Waals surface area contributed by atoms with E-state index in [1.165, 1.54) is 6.42 Å². The normalized spacial score (nSPS) is 19.2. The zero-order valence-corrected chi connectivity index (χ0v) is 12.3. The van der Waals surface area contributed by atoms with Gasteiger partial charge in [0.15, 0.2) is 5.76 Å². The van der Waals surface area contributed by atoms with Crippen molar-refractivity contribution in [2.24, 2.45) is 0 Å². The second kappa shape index (κ2) is 7.28. The predicted molar refractivity (Wildman–Crippen MR) is 76.4 cm³/mol. The number of aryl methyl sites for hydroxylation is 1. The van der Waals surface area contributed by atoms with Gasteiger partial charge in [0.25, 0.3) is 0 Å². The highest BCUT2D eigenvalue weighted by Gasteiger charge is 2.22. The molecule has 0 spiro atoms. The molecule has 2 N–H and O–H groups in total. The van der Waals surface area contributed by atoms with Gasteiger partial charge in [-0.1, -0.05) is 19.0 Å². The quantitative estimate of drug-likeness (QED) is 0.829. The molecular formula is C14H24N4O2. The fourth-order valence-electron chi connectivity index (χ4n) is 2.59. The van der Waals surface area contributed by atoms with Crippen molar-refractivity contribution >= 4 is 6.03 Å². The lowest BCUT2D eigenvalue weighted by Gasteiger charge is -2.22. The van der Waals surface area contributed by atoms with Crippen LogP contribution in [0.1, 0.15) is 38.1 Å². The Balaban J connectivity index is 1.67. The topological polar surface area (TPSA) is 70.4 Å². The molecule has 1 atom stereocenters. The van der Waals surface area contributed by atoms with E-state index < -0.39 is 0 Å². The van der Waals surface area contributed by atoms with E-state index in [1.54, 1.807) is 0 Å². The third kappa shape index (κ3) is 3.96. The molecule has 0 bridgehead atoms. The van der Waals surface area contributed by atoms with Gasteiger partial charge in [0, 0.05) is 18.7 Å². The lowest BCUT2D eigenvalue weighted by Crippen LogP contribution is -2.43. The number of amides is 2. The van der Waals surface area contributed by atoms with E-state index in [4.69, 9.17) is 4.52 Å². The van der Waals surface area contributed by atoms with Crippen molar-refractivity contribution in [2.45, 2.75) is 45.7 Å². The molecule has 2 amide bonds. The highest BCUT2D eigenvalue weighted by molar-refractivity contribution is 5.73. The minimum Gasteiger partial charge on any atom is -0.359 e. The van der Waals surface area contributed by atoms with E-state index in [2.05, 4.69) is 27.6 Å². The molecule has 112 valence electrons. The van der Waals surface area contributed by atoms with Gasteiger partial charge in [-0.3, -0.25) is 4.90 Å². The van der Waals surface area contributed by atoms with Crippen LogP contribution in [0.2, 0.25) is 0 Å². The Kier molecular flexibility index (Phi) is 5.40. The van der Waals surface area contributed by atoms with E-state index >= 15 is 0 Å². The van der Waals surface area contributed by atoms with Gasteiger partial charge in [-0.2, -0.15) is 0 Å². The summed E-state index contributed by atoms with van der Waals surface area (Å²) in [6.07, 6.45) is 3.22. The third-order valence-electron chi connectivity index (χ3n) is 3.80. The molecule has 1 aliphatic heterocycles. The Morgan fingerprint density at radius 3 is 3.05 bits per heavy atom. The maximum absolute atomic E-state index is 11.7. The van der Waals surface area contributed by atoms with Crippen LogP contribution in [0.15, 0.2) is 10.6 Å². The van der Waals surface area contributed by atoms with Crippen LogP contribution in [0.25, 0.3) is 0 Å². The van der Waals surface area contributed by atoms with E-state index in [0.29, 0.717) is 24.9 Å². The van der Waals surface area contributed by atoms with Gasteiger partial charge < -0.3 is 15.2 Å². The predicted octanol–water partition coefficient (Wildman–Crippen LogP) is 1.52. The van der Waals surface area contributed by atoms with Crippen LogP contribution in [0.3, 0.4) is 0 Å². The summed E-state index contributed by atoms with van der Waals surface area (Å²) >= 11 is 0. The molecule has 0 aliphatic carbocycles. The first kappa shape index (κ1) is 14.8. The van der Waals surface area contributed by atoms with Crippen molar-refractivity contribution in [3.63, 3.8) is 0 Å². The number of likely N-dealkylation sites (tertiary alicyclic amines) is 1. The van der Waals surface area contributed by atoms with Crippen LogP contribution < -0.4 is 10.6 Å². The lowest BCUT2D eigenvalue weighted by atomic mass is 10.2. The van der Waals surface area contributed by atoms with Crippen molar-refractivity contribution in [2.75, 3.05) is 19.6 Å². The molecule has 1 unspecified atom stereocenters. The number of likely N-dealkylation sites (N-methyl/N-ethyl adjacent to an activating group) is 1. The fourth-order valence-corrected chi connectivity index (χ4v) is 2.59. The van der Waals surface area contributed by atoms with Crippen LogP contribution in [-0.4, -0.2) is 41.8 Å². The standard InChI is InChI=1S/C14H24N4O2/c1-3-11-8-13(20-17-11)10-16-14(19)15-9-12-6-5-7-18(12)4-2/h8,12H,3-7,9-10H2,1-2H3,(H2,15,16,19). The molecule has 1 fully saturated rings. The summed E-state index contributed by atoms with van der Waals surface area (Å²) in [4.78, 5) is 14.1. The average molecular weight is 280 g/mol. The molecule has 1 aliphatic rings. The van der Waals surface area contributed by atoms with Crippen LogP contribution >= 0.6 is 0 Å². The maximum atomic E-state index is 11.7. The van der Waals surface area contributed by atoms with E-state index in [1.807, 2.05) is 13.0 Å². The largest absolute Gasteiger partial charge is 0.359 e. The van der Waals surface area contributed by atoms with E-state index in [0.717, 1.165) is 31.6 Å². The number of hydrogen-bond donors (Lipinski definition) is 2. The number of rotatable bonds is 6. The Bertz CT molecular complexity index is 433. The van der Waals surface area contributed by atoms with Crippen LogP contribution in [0.5, 0.6) is 0 Å². The van der Waals surface area contributed by atoms with Gasteiger partial charge in [-0.25, -0.2) is 4.79 Å². The summed E-state index contributed by atoms with van der Waals surface area (Å²) in [7, 11) is 0. The van der Waals surface area contributed by atoms with Gasteiger partial charge in [0.05, 0.1) is 12.2 Å². The number of urea groups is 1. The summed E-state index contributed by atoms with van der Waals surface area (Å²) < 4.78 is 5.12. The Labute approximate surface area is 119 Å². The summed E-state index contributed by atoms with van der Waals surface area (Å²) in [6, 6.07) is 2.20. The summed E-state index contributed by atoms with van der Waals surface area (Å²) in [5.74, 6) is 0.688. The first-order valence-corrected chi connectivity index (χ1v) is 7.43. The second-order valence-electron chi connectivity index (χ2n) is 5.13. The zero-order valence-electron chi connectivity index (χ0n) is 12.3. The van der Waals surface area contributed by atoms with E-state index in [9.17, 15) is 4.79 Å². The molecule has 1 aromatic heterocycles. The third-order valence-corrected chi connectivity index (χ3v) is 3.80. The molecular weight excluding hydrogens is 256 g/mol. The van der Waals surface area contributed by atoms with Crippen molar-refractivity contribution in [3.8, 4) is 0 Å². The maximum Gasteiger partial charge on any atom is 0.315 e. The minimum atomic E-state index is -0.151. The molecule has 6 heteroatoms. The molecule has 1 saturated heterocycles. The van der Waals surface area contributed by atoms with Crippen LogP contribution in [0.4, 0.5) is 4.79 Å². The molecule has 1 aromatic rings. The molecule has 0 aromatic carbocycles. The number of nitrogens with one attached hydrogen (secondary N) is 2. The molecule has 20 heavy (non-hydrogen) atoms.